The van der Waals surface area contributed by atoms with Crippen molar-refractivity contribution in [2.24, 2.45) is 0 Å². The molecule has 0 spiro atoms. The van der Waals surface area contributed by atoms with Crippen molar-refractivity contribution < 1.29 is 4.42 Å². The fraction of sp³-hybridized carbons (Fsp3) is 0.429. The zero-order chi connectivity index (χ0) is 6.69. The highest BCUT2D eigenvalue weighted by Gasteiger charge is 1.99. The van der Waals surface area contributed by atoms with Crippen LogP contribution in [0.5, 0.6) is 0 Å². The van der Waals surface area contributed by atoms with Gasteiger partial charge in [0, 0.05) is 5.56 Å². The summed E-state index contributed by atoms with van der Waals surface area (Å²) in [6, 6.07) is 2.02. The number of furan rings is 1. The highest BCUT2D eigenvalue weighted by atomic mass is 32.2. The molecule has 1 aromatic heterocycles. The quantitative estimate of drug-likeness (QED) is 0.589. The second kappa shape index (κ2) is 2.97. The molecule has 50 valence electrons. The minimum atomic E-state index is 1.05. The predicted octanol–water partition coefficient (Wildman–Crippen LogP) is 2.56. The Morgan fingerprint density at radius 1 is 1.67 bits per heavy atom. The smallest absolute Gasteiger partial charge is 0.162 e. The summed E-state index contributed by atoms with van der Waals surface area (Å²) in [5.41, 5.74) is 1.31. The van der Waals surface area contributed by atoms with E-state index >= 15 is 0 Å². The second-order valence-electron chi connectivity index (χ2n) is 1.79. The van der Waals surface area contributed by atoms with E-state index in [9.17, 15) is 0 Å². The van der Waals surface area contributed by atoms with Crippen LogP contribution < -0.4 is 0 Å². The van der Waals surface area contributed by atoms with E-state index in [0.29, 0.717) is 0 Å². The van der Waals surface area contributed by atoms with E-state index in [1.54, 1.807) is 18.0 Å². The van der Waals surface area contributed by atoms with Gasteiger partial charge in [-0.05, 0) is 18.7 Å². The third kappa shape index (κ3) is 1.30. The largest absolute Gasteiger partial charge is 0.458 e. The summed E-state index contributed by atoms with van der Waals surface area (Å²) in [5, 5.41) is 1.05. The Morgan fingerprint density at radius 2 is 2.44 bits per heavy atom. The Bertz CT molecular complexity index is 162. The van der Waals surface area contributed by atoms with Gasteiger partial charge in [0.25, 0.3) is 0 Å². The number of hydrogen-bond acceptors (Lipinski definition) is 2. The summed E-state index contributed by atoms with van der Waals surface area (Å²) in [4.78, 5) is 0. The fourth-order valence-electron chi connectivity index (χ4n) is 0.763. The maximum Gasteiger partial charge on any atom is 0.162 e. The maximum atomic E-state index is 5.17. The van der Waals surface area contributed by atoms with Crippen molar-refractivity contribution in [2.45, 2.75) is 18.4 Å². The Morgan fingerprint density at radius 3 is 2.89 bits per heavy atom. The van der Waals surface area contributed by atoms with Crippen molar-refractivity contribution in [3.05, 3.63) is 17.9 Å². The summed E-state index contributed by atoms with van der Waals surface area (Å²) in [7, 11) is 0. The van der Waals surface area contributed by atoms with Gasteiger partial charge in [0.1, 0.15) is 0 Å². The lowest BCUT2D eigenvalue weighted by Crippen LogP contribution is -1.74. The highest BCUT2D eigenvalue weighted by Crippen LogP contribution is 2.20. The van der Waals surface area contributed by atoms with Crippen LogP contribution in [0.15, 0.2) is 21.8 Å². The van der Waals surface area contributed by atoms with Crippen LogP contribution >= 0.6 is 11.8 Å². The molecular formula is C7H10OS. The molecule has 0 N–H and O–H groups in total. The summed E-state index contributed by atoms with van der Waals surface area (Å²) in [6.45, 7) is 2.13. The van der Waals surface area contributed by atoms with Crippen LogP contribution in [0, 0.1) is 0 Å². The molecule has 0 saturated carbocycles. The molecule has 0 aliphatic rings. The zero-order valence-corrected chi connectivity index (χ0v) is 6.49. The van der Waals surface area contributed by atoms with E-state index in [4.69, 9.17) is 4.42 Å². The molecule has 0 aromatic carbocycles. The van der Waals surface area contributed by atoms with E-state index in [2.05, 4.69) is 6.92 Å². The molecule has 1 nitrogen and oxygen atoms in total. The number of rotatable bonds is 2. The Kier molecular flexibility index (Phi) is 2.22. The van der Waals surface area contributed by atoms with Crippen molar-refractivity contribution in [3.8, 4) is 0 Å². The minimum Gasteiger partial charge on any atom is -0.458 e. The molecule has 1 rings (SSSR count). The maximum absolute atomic E-state index is 5.17. The predicted molar refractivity (Wildman–Crippen MR) is 39.9 cm³/mol. The molecule has 1 aromatic rings. The van der Waals surface area contributed by atoms with Crippen molar-refractivity contribution in [2.75, 3.05) is 6.26 Å². The van der Waals surface area contributed by atoms with Gasteiger partial charge in [-0.2, -0.15) is 0 Å². The molecule has 2 heteroatoms. The summed E-state index contributed by atoms with van der Waals surface area (Å²) < 4.78 is 5.17. The summed E-state index contributed by atoms with van der Waals surface area (Å²) in [6.07, 6.45) is 4.83. The van der Waals surface area contributed by atoms with Crippen LogP contribution in [0.1, 0.15) is 12.5 Å². The van der Waals surface area contributed by atoms with Gasteiger partial charge in [0.2, 0.25) is 0 Å². The lowest BCUT2D eigenvalue weighted by Gasteiger charge is -1.91. The average molecular weight is 142 g/mol. The first kappa shape index (κ1) is 6.75. The number of hydrogen-bond donors (Lipinski definition) is 0. The van der Waals surface area contributed by atoms with Crippen LogP contribution in [0.3, 0.4) is 0 Å². The monoisotopic (exact) mass is 142 g/mol. The van der Waals surface area contributed by atoms with E-state index in [1.165, 1.54) is 5.56 Å². The zero-order valence-electron chi connectivity index (χ0n) is 5.68. The first-order valence-electron chi connectivity index (χ1n) is 2.98. The molecule has 0 radical (unpaired) electrons. The van der Waals surface area contributed by atoms with E-state index in [0.717, 1.165) is 11.5 Å². The molecule has 1 heterocycles. The third-order valence-electron chi connectivity index (χ3n) is 1.27. The molecule has 0 atom stereocenters. The molecule has 0 aliphatic carbocycles. The number of aryl methyl sites for hydroxylation is 1. The molecule has 0 aliphatic heterocycles. The van der Waals surface area contributed by atoms with Crippen molar-refractivity contribution in [3.63, 3.8) is 0 Å². The average Bonchev–Trinajstić information content (AvgIpc) is 2.33. The van der Waals surface area contributed by atoms with Crippen LogP contribution in [0.4, 0.5) is 0 Å². The Balaban J connectivity index is 2.85. The summed E-state index contributed by atoms with van der Waals surface area (Å²) in [5.74, 6) is 0. The van der Waals surface area contributed by atoms with Gasteiger partial charge in [-0.15, -0.1) is 0 Å². The lowest BCUT2D eigenvalue weighted by atomic mass is 10.3. The van der Waals surface area contributed by atoms with E-state index < -0.39 is 0 Å². The van der Waals surface area contributed by atoms with Crippen LogP contribution in [0.2, 0.25) is 0 Å². The van der Waals surface area contributed by atoms with Gasteiger partial charge in [-0.1, -0.05) is 18.7 Å². The highest BCUT2D eigenvalue weighted by molar-refractivity contribution is 7.98. The Labute approximate surface area is 59.4 Å². The fourth-order valence-corrected chi connectivity index (χ4v) is 1.39. The van der Waals surface area contributed by atoms with E-state index in [1.807, 2.05) is 12.3 Å². The van der Waals surface area contributed by atoms with Gasteiger partial charge in [0.15, 0.2) is 5.09 Å². The van der Waals surface area contributed by atoms with Crippen molar-refractivity contribution >= 4 is 11.8 Å². The van der Waals surface area contributed by atoms with Crippen LogP contribution in [0.25, 0.3) is 0 Å². The van der Waals surface area contributed by atoms with Gasteiger partial charge >= 0.3 is 0 Å². The SMILES string of the molecule is CCc1ccoc1SC. The topological polar surface area (TPSA) is 13.1 Å². The van der Waals surface area contributed by atoms with E-state index in [-0.39, 0.29) is 0 Å². The molecule has 9 heavy (non-hydrogen) atoms. The molecule has 0 fully saturated rings. The molecule has 0 saturated heterocycles. The van der Waals surface area contributed by atoms with Gasteiger partial charge in [0.05, 0.1) is 6.26 Å². The second-order valence-corrected chi connectivity index (χ2v) is 2.57. The molecule has 0 amide bonds. The normalized spacial score (nSPS) is 10.0. The summed E-state index contributed by atoms with van der Waals surface area (Å²) >= 11 is 1.66. The lowest BCUT2D eigenvalue weighted by molar-refractivity contribution is 0.469. The van der Waals surface area contributed by atoms with Crippen LogP contribution in [-0.2, 0) is 6.42 Å². The Hall–Kier alpha value is -0.370. The number of thioether (sulfide) groups is 1. The van der Waals surface area contributed by atoms with Crippen LogP contribution in [-0.4, -0.2) is 6.26 Å². The van der Waals surface area contributed by atoms with Crippen molar-refractivity contribution in [1.29, 1.82) is 0 Å². The minimum absolute atomic E-state index is 1.05. The van der Waals surface area contributed by atoms with Crippen molar-refractivity contribution in [1.82, 2.24) is 0 Å². The first-order chi connectivity index (χ1) is 4.38. The molecule has 0 bridgehead atoms. The van der Waals surface area contributed by atoms with Gasteiger partial charge in [-0.25, -0.2) is 0 Å². The standard InChI is InChI=1S/C7H10OS/c1-3-6-4-5-8-7(6)9-2/h4-5H,3H2,1-2H3. The van der Waals surface area contributed by atoms with Gasteiger partial charge in [-0.3, -0.25) is 0 Å². The third-order valence-corrected chi connectivity index (χ3v) is 2.00. The molecular weight excluding hydrogens is 132 g/mol. The first-order valence-corrected chi connectivity index (χ1v) is 4.21. The molecule has 0 unspecified atom stereocenters. The van der Waals surface area contributed by atoms with Gasteiger partial charge < -0.3 is 4.42 Å².